The molecule has 2 atom stereocenters. The Hall–Kier alpha value is -3.88. The number of hydrogen-bond acceptors (Lipinski definition) is 9. The number of hydrogen-bond donors (Lipinski definition) is 1. The molecule has 1 amide bonds. The minimum absolute atomic E-state index is 0.110. The molecule has 0 radical (unpaired) electrons. The molecule has 1 unspecified atom stereocenters. The van der Waals surface area contributed by atoms with Crippen LogP contribution in [0.1, 0.15) is 46.1 Å². The van der Waals surface area contributed by atoms with Crippen LogP contribution in [-0.4, -0.2) is 63.8 Å². The molecule has 43 heavy (non-hydrogen) atoms. The number of rotatable bonds is 11. The molecule has 2 aliphatic heterocycles. The zero-order chi connectivity index (χ0) is 30.6. The fourth-order valence-electron chi connectivity index (χ4n) is 5.10. The predicted octanol–water partition coefficient (Wildman–Crippen LogP) is 4.06. The molecule has 0 bridgehead atoms. The third-order valence-electron chi connectivity index (χ3n) is 7.18. The first-order valence-corrected chi connectivity index (χ1v) is 14.2. The van der Waals surface area contributed by atoms with Crippen LogP contribution in [0.5, 0.6) is 17.2 Å². The highest BCUT2D eigenvalue weighted by Gasteiger charge is 2.33. The van der Waals surface area contributed by atoms with E-state index in [9.17, 15) is 18.4 Å². The Kier molecular flexibility index (Phi) is 9.37. The number of benzene rings is 1. The van der Waals surface area contributed by atoms with Gasteiger partial charge in [0.05, 0.1) is 26.0 Å². The second-order valence-electron chi connectivity index (χ2n) is 10.9. The first-order valence-electron chi connectivity index (χ1n) is 14.2. The van der Waals surface area contributed by atoms with Gasteiger partial charge in [0.2, 0.25) is 11.6 Å². The number of carbonyl (C=O) groups excluding carboxylic acids is 1. The lowest BCUT2D eigenvalue weighted by Gasteiger charge is -2.26. The van der Waals surface area contributed by atoms with Gasteiger partial charge in [0.1, 0.15) is 12.1 Å². The summed E-state index contributed by atoms with van der Waals surface area (Å²) in [5.74, 6) is -3.87. The Morgan fingerprint density at radius 1 is 1.23 bits per heavy atom. The maximum atomic E-state index is 14.8. The summed E-state index contributed by atoms with van der Waals surface area (Å²) < 4.78 is 59.2. The van der Waals surface area contributed by atoms with Crippen molar-refractivity contribution in [1.82, 2.24) is 19.6 Å². The van der Waals surface area contributed by atoms with Crippen molar-refractivity contribution in [2.45, 2.75) is 64.5 Å². The first kappa shape index (κ1) is 30.6. The molecule has 2 aliphatic rings. The fraction of sp³-hybridized carbons (Fsp3) is 0.517. The summed E-state index contributed by atoms with van der Waals surface area (Å²) in [5, 5.41) is 11.4. The number of ether oxygens (including phenoxy) is 5. The standard InChI is InChI=1S/C29H35F2N5O7/c1-4-40-23-6-5-21(30)27(26(23)31)42-19-14-25(37)36(32-15-19)22(13-18-8-11-39-12-9-18)28(38)33-24-7-10-35(34-24)16-20-17-41-29(2,3)43-20/h5-7,10,14-15,18,20,22H,4,8-9,11-13,16-17H2,1-3H3,(H,33,34,38)/t20-,22?/m1/s1. The maximum Gasteiger partial charge on any atom is 0.271 e. The lowest BCUT2D eigenvalue weighted by atomic mass is 9.92. The van der Waals surface area contributed by atoms with E-state index in [4.69, 9.17) is 23.7 Å². The third kappa shape index (κ3) is 7.56. The number of nitrogens with zero attached hydrogens (tertiary/aromatic N) is 4. The quantitative estimate of drug-likeness (QED) is 0.345. The van der Waals surface area contributed by atoms with Crippen LogP contribution in [0.15, 0.2) is 41.5 Å². The molecule has 1 aromatic carbocycles. The Morgan fingerprint density at radius 2 is 2.02 bits per heavy atom. The second kappa shape index (κ2) is 13.2. The number of nitrogens with one attached hydrogen (secondary N) is 1. The Bertz CT molecular complexity index is 1490. The smallest absolute Gasteiger partial charge is 0.271 e. The van der Waals surface area contributed by atoms with Crippen molar-refractivity contribution >= 4 is 11.7 Å². The average Bonchev–Trinajstić information content (AvgIpc) is 3.56. The van der Waals surface area contributed by atoms with Gasteiger partial charge in [-0.05, 0) is 58.1 Å². The molecule has 1 N–H and O–H groups in total. The Labute approximate surface area is 246 Å². The molecule has 4 heterocycles. The van der Waals surface area contributed by atoms with Gasteiger partial charge in [-0.15, -0.1) is 0 Å². The van der Waals surface area contributed by atoms with Crippen LogP contribution in [-0.2, 0) is 25.5 Å². The van der Waals surface area contributed by atoms with E-state index < -0.39 is 40.7 Å². The molecular weight excluding hydrogens is 568 g/mol. The van der Waals surface area contributed by atoms with Gasteiger partial charge in [-0.3, -0.25) is 14.3 Å². The van der Waals surface area contributed by atoms with E-state index in [2.05, 4.69) is 15.5 Å². The van der Waals surface area contributed by atoms with Gasteiger partial charge in [0.25, 0.3) is 11.5 Å². The average molecular weight is 604 g/mol. The molecular formula is C29H35F2N5O7. The zero-order valence-corrected chi connectivity index (χ0v) is 24.3. The predicted molar refractivity (Wildman–Crippen MR) is 149 cm³/mol. The number of halogens is 2. The van der Waals surface area contributed by atoms with Gasteiger partial charge < -0.3 is 29.0 Å². The molecule has 5 rings (SSSR count). The highest BCUT2D eigenvalue weighted by molar-refractivity contribution is 5.92. The van der Waals surface area contributed by atoms with Crippen LogP contribution in [0, 0.1) is 17.6 Å². The highest BCUT2D eigenvalue weighted by Crippen LogP contribution is 2.33. The highest BCUT2D eigenvalue weighted by atomic mass is 19.1. The topological polar surface area (TPSA) is 128 Å². The lowest BCUT2D eigenvalue weighted by Crippen LogP contribution is -2.36. The molecule has 14 heteroatoms. The summed E-state index contributed by atoms with van der Waals surface area (Å²) in [6.07, 6.45) is 4.44. The Balaban J connectivity index is 1.33. The third-order valence-corrected chi connectivity index (χ3v) is 7.18. The van der Waals surface area contributed by atoms with Crippen molar-refractivity contribution in [2.24, 2.45) is 5.92 Å². The van der Waals surface area contributed by atoms with Crippen molar-refractivity contribution in [3.8, 4) is 17.2 Å². The molecule has 232 valence electrons. The van der Waals surface area contributed by atoms with E-state index in [-0.39, 0.29) is 30.1 Å². The number of anilines is 1. The monoisotopic (exact) mass is 603 g/mol. The maximum absolute atomic E-state index is 14.8. The summed E-state index contributed by atoms with van der Waals surface area (Å²) >= 11 is 0. The van der Waals surface area contributed by atoms with Crippen molar-refractivity contribution in [1.29, 1.82) is 0 Å². The van der Waals surface area contributed by atoms with Gasteiger partial charge >= 0.3 is 0 Å². The minimum Gasteiger partial charge on any atom is -0.491 e. The summed E-state index contributed by atoms with van der Waals surface area (Å²) in [7, 11) is 0. The largest absolute Gasteiger partial charge is 0.491 e. The van der Waals surface area contributed by atoms with Crippen LogP contribution in [0.2, 0.25) is 0 Å². The van der Waals surface area contributed by atoms with E-state index in [1.54, 1.807) is 23.9 Å². The molecule has 0 saturated carbocycles. The van der Waals surface area contributed by atoms with E-state index in [1.807, 2.05) is 13.8 Å². The number of carbonyl (C=O) groups is 1. The van der Waals surface area contributed by atoms with Crippen LogP contribution >= 0.6 is 0 Å². The van der Waals surface area contributed by atoms with Gasteiger partial charge in [0.15, 0.2) is 28.9 Å². The SMILES string of the molecule is CCOc1ccc(F)c(Oc2cnn(C(CC3CCOCC3)C(=O)Nc3ccn(C[C@@H]4COC(C)(C)O4)n3)c(=O)c2)c1F. The minimum atomic E-state index is -1.04. The van der Waals surface area contributed by atoms with E-state index in [1.165, 1.54) is 0 Å². The van der Waals surface area contributed by atoms with Crippen LogP contribution in [0.3, 0.4) is 0 Å². The van der Waals surface area contributed by atoms with Gasteiger partial charge in [-0.2, -0.15) is 14.6 Å². The summed E-state index contributed by atoms with van der Waals surface area (Å²) in [5.41, 5.74) is -0.682. The van der Waals surface area contributed by atoms with Crippen molar-refractivity contribution in [3.63, 3.8) is 0 Å². The molecule has 2 saturated heterocycles. The molecule has 2 fully saturated rings. The second-order valence-corrected chi connectivity index (χ2v) is 10.9. The fourth-order valence-corrected chi connectivity index (χ4v) is 5.10. The zero-order valence-electron chi connectivity index (χ0n) is 24.3. The van der Waals surface area contributed by atoms with Crippen molar-refractivity contribution in [3.05, 3.63) is 58.6 Å². The number of amides is 1. The summed E-state index contributed by atoms with van der Waals surface area (Å²) in [4.78, 5) is 26.8. The van der Waals surface area contributed by atoms with Gasteiger partial charge in [-0.25, -0.2) is 9.07 Å². The van der Waals surface area contributed by atoms with Gasteiger partial charge in [-0.1, -0.05) is 0 Å². The van der Waals surface area contributed by atoms with E-state index in [0.717, 1.165) is 41.9 Å². The lowest BCUT2D eigenvalue weighted by molar-refractivity contribution is -0.139. The van der Waals surface area contributed by atoms with E-state index in [0.29, 0.717) is 38.6 Å². The van der Waals surface area contributed by atoms with Crippen molar-refractivity contribution in [2.75, 3.05) is 31.7 Å². The van der Waals surface area contributed by atoms with E-state index >= 15 is 0 Å². The first-order chi connectivity index (χ1) is 20.6. The molecule has 3 aromatic rings. The number of aromatic nitrogens is 4. The molecule has 0 spiro atoms. The van der Waals surface area contributed by atoms with Gasteiger partial charge in [0, 0.05) is 31.5 Å². The van der Waals surface area contributed by atoms with Crippen LogP contribution < -0.4 is 20.3 Å². The normalized spacial score (nSPS) is 19.2. The molecule has 0 aliphatic carbocycles. The van der Waals surface area contributed by atoms with Crippen molar-refractivity contribution < 1.29 is 37.3 Å². The molecule has 12 nitrogen and oxygen atoms in total. The molecule has 2 aromatic heterocycles. The summed E-state index contributed by atoms with van der Waals surface area (Å²) in [6, 6.07) is 3.85. The van der Waals surface area contributed by atoms with Crippen LogP contribution in [0.4, 0.5) is 14.6 Å². The Morgan fingerprint density at radius 3 is 2.72 bits per heavy atom. The summed E-state index contributed by atoms with van der Waals surface area (Å²) in [6.45, 7) is 7.47. The van der Waals surface area contributed by atoms with Crippen LogP contribution in [0.25, 0.3) is 0 Å².